The van der Waals surface area contributed by atoms with Gasteiger partial charge in [-0.2, -0.15) is 0 Å². The number of unbranched alkanes of at least 4 members (excludes halogenated alkanes) is 32. The Labute approximate surface area is 411 Å². The Hall–Kier alpha value is -2.40. The molecule has 5 nitrogen and oxygen atoms in total. The standard InChI is InChI=1S/C61H110O5/c1-4-7-10-13-16-19-22-25-28-30-31-32-34-37-40-43-46-49-52-55-61(63)66-59(57-64-56-53-50-47-44-41-38-35-29-26-23-20-17-14-11-8-5-2)58-65-60(62)54-51-48-45-42-39-36-33-27-24-21-18-15-12-9-6-3/h16,19,21,24-25,28,31-32,37,40,59H,4-15,17-18,20,22-23,26-27,29-30,33-36,38-39,41-58H2,1-3H3/b19-16-,24-21-,28-25-,32-31-,40-37-/t59-/m1/s1. The number of hydrogen-bond donors (Lipinski definition) is 0. The first-order valence-electron chi connectivity index (χ1n) is 28.8. The fourth-order valence-corrected chi connectivity index (χ4v) is 8.20. The van der Waals surface area contributed by atoms with Crippen molar-refractivity contribution in [3.8, 4) is 0 Å². The Kier molecular flexibility index (Phi) is 54.9. The zero-order valence-electron chi connectivity index (χ0n) is 44.2. The van der Waals surface area contributed by atoms with Crippen LogP contribution < -0.4 is 0 Å². The third-order valence-corrected chi connectivity index (χ3v) is 12.5. The molecule has 0 rings (SSSR count). The van der Waals surface area contributed by atoms with Crippen LogP contribution in [-0.2, 0) is 23.8 Å². The van der Waals surface area contributed by atoms with Crippen LogP contribution >= 0.6 is 0 Å². The molecule has 0 aromatic heterocycles. The van der Waals surface area contributed by atoms with Crippen LogP contribution in [0.3, 0.4) is 0 Å². The SMILES string of the molecule is CCCCC/C=C\C/C=C\C/C=C\C/C=C\CCCCCC(=O)O[C@H](COCCCCCCCCCCCCCCCCCC)COC(=O)CCCCCCCCC/C=C\CCCCCC. The van der Waals surface area contributed by atoms with Gasteiger partial charge in [-0.1, -0.05) is 248 Å². The van der Waals surface area contributed by atoms with E-state index in [1.807, 2.05) is 0 Å². The van der Waals surface area contributed by atoms with Crippen LogP contribution in [0.4, 0.5) is 0 Å². The van der Waals surface area contributed by atoms with Gasteiger partial charge in [0.05, 0.1) is 6.61 Å². The molecule has 0 heterocycles. The molecule has 0 amide bonds. The van der Waals surface area contributed by atoms with Crippen molar-refractivity contribution in [2.75, 3.05) is 19.8 Å². The summed E-state index contributed by atoms with van der Waals surface area (Å²) in [5.41, 5.74) is 0. The Morgan fingerprint density at radius 2 is 0.636 bits per heavy atom. The number of esters is 2. The first-order chi connectivity index (χ1) is 32.6. The summed E-state index contributed by atoms with van der Waals surface area (Å²) in [4.78, 5) is 25.5. The van der Waals surface area contributed by atoms with Crippen LogP contribution in [0.25, 0.3) is 0 Å². The van der Waals surface area contributed by atoms with Crippen molar-refractivity contribution in [2.24, 2.45) is 0 Å². The molecule has 5 heteroatoms. The molecule has 0 aliphatic heterocycles. The summed E-state index contributed by atoms with van der Waals surface area (Å²) >= 11 is 0. The van der Waals surface area contributed by atoms with Gasteiger partial charge in [0.15, 0.2) is 6.10 Å². The number of rotatable bonds is 53. The quantitative estimate of drug-likeness (QED) is 0.0346. The van der Waals surface area contributed by atoms with E-state index in [1.165, 1.54) is 180 Å². The third-order valence-electron chi connectivity index (χ3n) is 12.5. The highest BCUT2D eigenvalue weighted by Crippen LogP contribution is 2.15. The maximum absolute atomic E-state index is 12.9. The minimum Gasteiger partial charge on any atom is -0.462 e. The minimum absolute atomic E-state index is 0.0722. The molecule has 0 aliphatic rings. The number of allylic oxidation sites excluding steroid dienone is 10. The van der Waals surface area contributed by atoms with Gasteiger partial charge in [0.2, 0.25) is 0 Å². The summed E-state index contributed by atoms with van der Waals surface area (Å²) in [6.45, 7) is 7.79. The first-order valence-corrected chi connectivity index (χ1v) is 28.8. The van der Waals surface area contributed by atoms with E-state index in [2.05, 4.69) is 81.5 Å². The highest BCUT2D eigenvalue weighted by atomic mass is 16.6. The summed E-state index contributed by atoms with van der Waals surface area (Å²) < 4.78 is 17.5. The fraction of sp³-hybridized carbons (Fsp3) is 0.803. The molecule has 0 fully saturated rings. The molecule has 0 saturated carbocycles. The topological polar surface area (TPSA) is 61.8 Å². The van der Waals surface area contributed by atoms with Gasteiger partial charge in [-0.05, 0) is 89.9 Å². The highest BCUT2D eigenvalue weighted by Gasteiger charge is 2.17. The van der Waals surface area contributed by atoms with Crippen molar-refractivity contribution < 1.29 is 23.8 Å². The summed E-state index contributed by atoms with van der Waals surface area (Å²) in [5.74, 6) is -0.426. The predicted molar refractivity (Wildman–Crippen MR) is 288 cm³/mol. The molecule has 66 heavy (non-hydrogen) atoms. The van der Waals surface area contributed by atoms with Gasteiger partial charge in [-0.25, -0.2) is 0 Å². The maximum atomic E-state index is 12.9. The zero-order chi connectivity index (χ0) is 47.7. The molecular weight excluding hydrogens is 813 g/mol. The molecule has 0 saturated heterocycles. The summed E-state index contributed by atoms with van der Waals surface area (Å²) in [5, 5.41) is 0. The van der Waals surface area contributed by atoms with E-state index in [1.54, 1.807) is 0 Å². The van der Waals surface area contributed by atoms with Crippen molar-refractivity contribution >= 4 is 11.9 Å². The van der Waals surface area contributed by atoms with Crippen molar-refractivity contribution in [1.29, 1.82) is 0 Å². The normalized spacial score (nSPS) is 12.6. The molecule has 0 aromatic rings. The van der Waals surface area contributed by atoms with Crippen molar-refractivity contribution in [3.05, 3.63) is 60.8 Å². The molecule has 0 bridgehead atoms. The Balaban J connectivity index is 4.32. The molecule has 0 aliphatic carbocycles. The predicted octanol–water partition coefficient (Wildman–Crippen LogP) is 19.7. The van der Waals surface area contributed by atoms with E-state index in [0.29, 0.717) is 19.4 Å². The average molecular weight is 924 g/mol. The Morgan fingerprint density at radius 3 is 1.09 bits per heavy atom. The molecule has 0 unspecified atom stereocenters. The second kappa shape index (κ2) is 56.9. The average Bonchev–Trinajstić information content (AvgIpc) is 3.32. The number of ether oxygens (including phenoxy) is 3. The zero-order valence-corrected chi connectivity index (χ0v) is 44.2. The molecule has 0 radical (unpaired) electrons. The first kappa shape index (κ1) is 63.6. The van der Waals surface area contributed by atoms with E-state index >= 15 is 0 Å². The second-order valence-electron chi connectivity index (χ2n) is 19.2. The Morgan fingerprint density at radius 1 is 0.333 bits per heavy atom. The highest BCUT2D eigenvalue weighted by molar-refractivity contribution is 5.70. The van der Waals surface area contributed by atoms with Crippen molar-refractivity contribution in [3.63, 3.8) is 0 Å². The fourth-order valence-electron chi connectivity index (χ4n) is 8.20. The molecule has 1 atom stereocenters. The van der Waals surface area contributed by atoms with Crippen LogP contribution in [-0.4, -0.2) is 37.9 Å². The molecular formula is C61H110O5. The monoisotopic (exact) mass is 923 g/mol. The van der Waals surface area contributed by atoms with Crippen LogP contribution in [0.15, 0.2) is 60.8 Å². The van der Waals surface area contributed by atoms with E-state index in [4.69, 9.17) is 14.2 Å². The lowest BCUT2D eigenvalue weighted by molar-refractivity contribution is -0.163. The van der Waals surface area contributed by atoms with E-state index < -0.39 is 6.10 Å². The lowest BCUT2D eigenvalue weighted by Crippen LogP contribution is -2.30. The largest absolute Gasteiger partial charge is 0.462 e. The van der Waals surface area contributed by atoms with Crippen LogP contribution in [0, 0.1) is 0 Å². The van der Waals surface area contributed by atoms with Gasteiger partial charge >= 0.3 is 11.9 Å². The summed E-state index contributed by atoms with van der Waals surface area (Å²) in [7, 11) is 0. The van der Waals surface area contributed by atoms with Gasteiger partial charge in [0.1, 0.15) is 6.61 Å². The van der Waals surface area contributed by atoms with Gasteiger partial charge in [-0.15, -0.1) is 0 Å². The maximum Gasteiger partial charge on any atom is 0.306 e. The Bertz CT molecular complexity index is 1130. The van der Waals surface area contributed by atoms with E-state index in [0.717, 1.165) is 77.0 Å². The van der Waals surface area contributed by atoms with E-state index in [9.17, 15) is 9.59 Å². The smallest absolute Gasteiger partial charge is 0.306 e. The molecule has 0 aromatic carbocycles. The van der Waals surface area contributed by atoms with Gasteiger partial charge < -0.3 is 14.2 Å². The minimum atomic E-state index is -0.554. The van der Waals surface area contributed by atoms with Crippen LogP contribution in [0.5, 0.6) is 0 Å². The molecule has 0 N–H and O–H groups in total. The number of hydrogen-bond acceptors (Lipinski definition) is 5. The van der Waals surface area contributed by atoms with Gasteiger partial charge in [-0.3, -0.25) is 9.59 Å². The summed E-state index contributed by atoms with van der Waals surface area (Å²) in [6, 6.07) is 0. The van der Waals surface area contributed by atoms with Crippen molar-refractivity contribution in [2.45, 2.75) is 297 Å². The van der Waals surface area contributed by atoms with Gasteiger partial charge in [0, 0.05) is 19.4 Å². The van der Waals surface area contributed by atoms with Crippen molar-refractivity contribution in [1.82, 2.24) is 0 Å². The number of carbonyl (C=O) groups excluding carboxylic acids is 2. The van der Waals surface area contributed by atoms with E-state index in [-0.39, 0.29) is 25.2 Å². The molecule has 384 valence electrons. The van der Waals surface area contributed by atoms with Crippen LogP contribution in [0.1, 0.15) is 290 Å². The third kappa shape index (κ3) is 54.2. The van der Waals surface area contributed by atoms with Gasteiger partial charge in [0.25, 0.3) is 0 Å². The number of carbonyl (C=O) groups is 2. The second-order valence-corrected chi connectivity index (χ2v) is 19.2. The lowest BCUT2D eigenvalue weighted by Gasteiger charge is -2.18. The molecule has 0 spiro atoms. The summed E-state index contributed by atoms with van der Waals surface area (Å²) in [6.07, 6.45) is 72.3. The van der Waals surface area contributed by atoms with Crippen LogP contribution in [0.2, 0.25) is 0 Å². The lowest BCUT2D eigenvalue weighted by atomic mass is 10.0.